The first-order valence-electron chi connectivity index (χ1n) is 12.2. The highest BCUT2D eigenvalue weighted by Crippen LogP contribution is 2.28. The molecule has 3 amide bonds. The second kappa shape index (κ2) is 9.94. The molecule has 1 N–H and O–H groups in total. The molecule has 35 heavy (non-hydrogen) atoms. The van der Waals surface area contributed by atoms with Gasteiger partial charge in [0, 0.05) is 27.2 Å². The molecular weight excluding hydrogens is 448 g/mol. The fourth-order valence-electron chi connectivity index (χ4n) is 4.74. The van der Waals surface area contributed by atoms with Gasteiger partial charge in [0.2, 0.25) is 11.9 Å². The summed E-state index contributed by atoms with van der Waals surface area (Å²) in [5.41, 5.74) is 2.18. The molecule has 190 valence electrons. The number of hydrogen-bond acceptors (Lipinski definition) is 5. The number of amidine groups is 1. The van der Waals surface area contributed by atoms with Crippen LogP contribution < -0.4 is 4.74 Å². The average molecular weight is 486 g/mol. The zero-order valence-electron chi connectivity index (χ0n) is 21.6. The van der Waals surface area contributed by atoms with Crippen molar-refractivity contribution in [2.75, 3.05) is 60.5 Å². The predicted molar refractivity (Wildman–Crippen MR) is 133 cm³/mol. The summed E-state index contributed by atoms with van der Waals surface area (Å²) in [7, 11) is 5.18. The van der Waals surface area contributed by atoms with Gasteiger partial charge in [-0.1, -0.05) is 31.0 Å². The predicted octanol–water partition coefficient (Wildman–Crippen LogP) is 0.779. The second-order valence-corrected chi connectivity index (χ2v) is 10.0. The van der Waals surface area contributed by atoms with Crippen molar-refractivity contribution in [2.24, 2.45) is 4.99 Å². The number of ether oxygens (including phenoxy) is 1. The topological polar surface area (TPSA) is 91.9 Å². The monoisotopic (exact) mass is 485 g/mol. The van der Waals surface area contributed by atoms with E-state index in [0.717, 1.165) is 48.0 Å². The van der Waals surface area contributed by atoms with Crippen LogP contribution in [0.4, 0.5) is 4.79 Å². The van der Waals surface area contributed by atoms with Crippen LogP contribution in [0.25, 0.3) is 0 Å². The molecule has 0 aromatic heterocycles. The molecule has 2 fully saturated rings. The maximum atomic E-state index is 13.2. The molecular formula is C25H37N6O4+. The minimum absolute atomic E-state index is 0.0799. The quantitative estimate of drug-likeness (QED) is 0.599. The molecule has 0 saturated carbocycles. The van der Waals surface area contributed by atoms with Gasteiger partial charge >= 0.3 is 12.0 Å². The van der Waals surface area contributed by atoms with Crippen LogP contribution in [0.5, 0.6) is 5.75 Å². The SMILES string of the molecule is Cc1ccc(C(C)C)c(OCC(O)CN2C(=[N+]3CCN(C)CC3)N=C3C2C(=O)N(C)C(=O)N3C)c1. The van der Waals surface area contributed by atoms with Gasteiger partial charge in [-0.25, -0.2) is 9.69 Å². The third-order valence-corrected chi connectivity index (χ3v) is 6.93. The number of urea groups is 1. The maximum Gasteiger partial charge on any atom is 0.392 e. The van der Waals surface area contributed by atoms with E-state index in [2.05, 4.69) is 42.5 Å². The largest absolute Gasteiger partial charge is 0.490 e. The standard InChI is InChI=1S/C25H37N6O4/c1-16(2)19-8-7-17(3)13-20(19)35-15-18(32)14-31-21-22(28(5)25(34)29(6)23(21)33)26-24(31)30-11-9-27(4)10-12-30/h7-8,13,16,18,21,32H,9-12,14-15H2,1-6H3/q+1. The zero-order valence-corrected chi connectivity index (χ0v) is 21.6. The normalized spacial score (nSPS) is 22.2. The molecule has 0 bridgehead atoms. The Bertz CT molecular complexity index is 1060. The molecule has 0 spiro atoms. The number of guanidine groups is 1. The highest BCUT2D eigenvalue weighted by molar-refractivity contribution is 6.25. The Hall–Kier alpha value is -2.98. The summed E-state index contributed by atoms with van der Waals surface area (Å²) in [5, 5.41) is 11.0. The summed E-state index contributed by atoms with van der Waals surface area (Å²) >= 11 is 0. The molecule has 1 aromatic rings. The maximum absolute atomic E-state index is 13.2. The number of rotatable bonds is 6. The average Bonchev–Trinajstić information content (AvgIpc) is 3.19. The Morgan fingerprint density at radius 2 is 1.83 bits per heavy atom. The Kier molecular flexibility index (Phi) is 7.14. The van der Waals surface area contributed by atoms with E-state index in [4.69, 9.17) is 9.73 Å². The van der Waals surface area contributed by atoms with Crippen LogP contribution in [0.1, 0.15) is 30.9 Å². The van der Waals surface area contributed by atoms with E-state index in [9.17, 15) is 14.7 Å². The van der Waals surface area contributed by atoms with E-state index in [1.54, 1.807) is 7.05 Å². The summed E-state index contributed by atoms with van der Waals surface area (Å²) in [6, 6.07) is 4.94. The summed E-state index contributed by atoms with van der Waals surface area (Å²) < 4.78 is 8.19. The Morgan fingerprint density at radius 3 is 2.49 bits per heavy atom. The lowest BCUT2D eigenvalue weighted by atomic mass is 10.0. The molecule has 1 aromatic carbocycles. The highest BCUT2D eigenvalue weighted by atomic mass is 16.5. The lowest BCUT2D eigenvalue weighted by Gasteiger charge is -2.34. The van der Waals surface area contributed by atoms with Gasteiger partial charge < -0.3 is 14.7 Å². The number of hydrogen-bond donors (Lipinski definition) is 1. The van der Waals surface area contributed by atoms with Crippen molar-refractivity contribution in [1.29, 1.82) is 0 Å². The van der Waals surface area contributed by atoms with Crippen molar-refractivity contribution < 1.29 is 24.0 Å². The number of aliphatic hydroxyl groups excluding tert-OH is 1. The summed E-state index contributed by atoms with van der Waals surface area (Å²) in [4.78, 5) is 37.1. The van der Waals surface area contributed by atoms with Crippen molar-refractivity contribution >= 4 is 23.7 Å². The Balaban J connectivity index is 1.58. The molecule has 3 aliphatic heterocycles. The number of nitrogens with zero attached hydrogens (tertiary/aromatic N) is 6. The first-order chi connectivity index (χ1) is 16.6. The number of carbonyl (C=O) groups is 2. The third-order valence-electron chi connectivity index (χ3n) is 6.93. The molecule has 10 heteroatoms. The number of carbonyl (C=O) groups excluding carboxylic acids is 2. The molecule has 2 saturated heterocycles. The van der Waals surface area contributed by atoms with Gasteiger partial charge in [-0.2, -0.15) is 0 Å². The number of benzene rings is 1. The molecule has 10 nitrogen and oxygen atoms in total. The number of piperazine rings is 1. The first kappa shape index (κ1) is 25.1. The molecule has 2 atom stereocenters. The summed E-state index contributed by atoms with van der Waals surface area (Å²) in [5.74, 6) is 1.74. The van der Waals surface area contributed by atoms with E-state index in [-0.39, 0.29) is 25.0 Å². The second-order valence-electron chi connectivity index (χ2n) is 10.0. The molecule has 2 unspecified atom stereocenters. The van der Waals surface area contributed by atoms with Gasteiger partial charge in [0.15, 0.2) is 0 Å². The number of amides is 3. The fourth-order valence-corrected chi connectivity index (χ4v) is 4.74. The van der Waals surface area contributed by atoms with Crippen molar-refractivity contribution in [3.8, 4) is 5.75 Å². The summed E-state index contributed by atoms with van der Waals surface area (Å²) in [6.07, 6.45) is -0.867. The number of β-amino-alcohol motifs (C(OH)–C–C–N with tert-alkyl or cyclic N) is 1. The van der Waals surface area contributed by atoms with Crippen molar-refractivity contribution in [2.45, 2.75) is 38.8 Å². The molecule has 0 radical (unpaired) electrons. The smallest absolute Gasteiger partial charge is 0.392 e. The van der Waals surface area contributed by atoms with Gasteiger partial charge in [-0.05, 0) is 37.1 Å². The van der Waals surface area contributed by atoms with Crippen molar-refractivity contribution in [1.82, 2.24) is 19.6 Å². The van der Waals surface area contributed by atoms with E-state index >= 15 is 0 Å². The van der Waals surface area contributed by atoms with Crippen LogP contribution in [0.15, 0.2) is 23.2 Å². The van der Waals surface area contributed by atoms with E-state index in [0.29, 0.717) is 11.8 Å². The van der Waals surface area contributed by atoms with Gasteiger partial charge in [0.25, 0.3) is 5.91 Å². The van der Waals surface area contributed by atoms with E-state index in [1.165, 1.54) is 11.9 Å². The van der Waals surface area contributed by atoms with Crippen LogP contribution in [-0.4, -0.2) is 126 Å². The number of imide groups is 1. The van der Waals surface area contributed by atoms with Gasteiger partial charge in [-0.15, -0.1) is 0 Å². The minimum atomic E-state index is -0.867. The van der Waals surface area contributed by atoms with Crippen LogP contribution >= 0.6 is 0 Å². The highest BCUT2D eigenvalue weighted by Gasteiger charge is 2.55. The molecule has 3 aliphatic rings. The van der Waals surface area contributed by atoms with Crippen LogP contribution in [-0.2, 0) is 4.79 Å². The number of likely N-dealkylation sites (N-methyl/N-ethyl adjacent to an activating group) is 3. The van der Waals surface area contributed by atoms with Gasteiger partial charge in [0.05, 0.1) is 19.6 Å². The number of fused-ring (bicyclic) bond motifs is 1. The lowest BCUT2D eigenvalue weighted by molar-refractivity contribution is -0.544. The van der Waals surface area contributed by atoms with Crippen molar-refractivity contribution in [3.05, 3.63) is 29.3 Å². The van der Waals surface area contributed by atoms with E-state index < -0.39 is 18.2 Å². The molecule has 0 aliphatic carbocycles. The Morgan fingerprint density at radius 1 is 1.14 bits per heavy atom. The zero-order chi connectivity index (χ0) is 25.4. The van der Waals surface area contributed by atoms with Crippen LogP contribution in [0.3, 0.4) is 0 Å². The fraction of sp³-hybridized carbons (Fsp3) is 0.600. The third kappa shape index (κ3) is 4.90. The summed E-state index contributed by atoms with van der Waals surface area (Å²) in [6.45, 7) is 9.70. The van der Waals surface area contributed by atoms with Gasteiger partial charge in [-0.3, -0.25) is 19.2 Å². The van der Waals surface area contributed by atoms with E-state index in [1.807, 2.05) is 17.9 Å². The lowest BCUT2D eigenvalue weighted by Crippen LogP contribution is -2.63. The first-order valence-corrected chi connectivity index (χ1v) is 12.2. The minimum Gasteiger partial charge on any atom is -0.490 e. The number of aliphatic imine (C=N–C) groups is 1. The van der Waals surface area contributed by atoms with Crippen molar-refractivity contribution in [3.63, 3.8) is 0 Å². The van der Waals surface area contributed by atoms with Crippen LogP contribution in [0.2, 0.25) is 0 Å². The number of aryl methyl sites for hydroxylation is 1. The number of aliphatic hydroxyl groups is 1. The Labute approximate surface area is 207 Å². The van der Waals surface area contributed by atoms with Crippen LogP contribution in [0, 0.1) is 6.92 Å². The molecule has 3 heterocycles. The van der Waals surface area contributed by atoms with Gasteiger partial charge in [0.1, 0.15) is 18.5 Å². The molecule has 4 rings (SSSR count).